The van der Waals surface area contributed by atoms with E-state index < -0.39 is 0 Å². The van der Waals surface area contributed by atoms with E-state index in [-0.39, 0.29) is 11.9 Å². The van der Waals surface area contributed by atoms with Crippen LogP contribution in [0.15, 0.2) is 36.5 Å². The highest BCUT2D eigenvalue weighted by molar-refractivity contribution is 5.96. The highest BCUT2D eigenvalue weighted by Crippen LogP contribution is 2.28. The molecule has 3 aromatic rings. The van der Waals surface area contributed by atoms with Crippen LogP contribution in [0.2, 0.25) is 0 Å². The van der Waals surface area contributed by atoms with Gasteiger partial charge in [0.2, 0.25) is 0 Å². The van der Waals surface area contributed by atoms with Crippen molar-refractivity contribution in [3.05, 3.63) is 53.5 Å². The lowest BCUT2D eigenvalue weighted by Gasteiger charge is -2.14. The van der Waals surface area contributed by atoms with E-state index in [4.69, 9.17) is 0 Å². The topological polar surface area (TPSA) is 59.3 Å². The van der Waals surface area contributed by atoms with Crippen molar-refractivity contribution < 1.29 is 4.79 Å². The minimum absolute atomic E-state index is 0.0879. The van der Waals surface area contributed by atoms with Gasteiger partial charge in [-0.3, -0.25) is 4.79 Å². The highest BCUT2D eigenvalue weighted by atomic mass is 16.1. The van der Waals surface area contributed by atoms with Crippen molar-refractivity contribution in [1.29, 1.82) is 0 Å². The number of benzene rings is 1. The van der Waals surface area contributed by atoms with Crippen LogP contribution in [-0.4, -0.2) is 26.5 Å². The number of nitrogens with one attached hydrogen (secondary N) is 1. The zero-order valence-corrected chi connectivity index (χ0v) is 15.2. The molecular formula is C20H24N4O. The summed E-state index contributed by atoms with van der Waals surface area (Å²) < 4.78 is 1.82. The maximum atomic E-state index is 12.6. The first-order chi connectivity index (χ1) is 12.1. The monoisotopic (exact) mass is 336 g/mol. The third kappa shape index (κ3) is 3.14. The molecule has 2 heterocycles. The number of carbonyl (C=O) groups excluding carboxylic acids is 1. The molecule has 0 radical (unpaired) electrons. The molecule has 0 fully saturated rings. The highest BCUT2D eigenvalue weighted by Gasteiger charge is 2.20. The molecule has 0 bridgehead atoms. The summed E-state index contributed by atoms with van der Waals surface area (Å²) in [6.45, 7) is 8.07. The number of hydrogen-bond donors (Lipinski definition) is 1. The number of hydrogen-bond acceptors (Lipinski definition) is 3. The van der Waals surface area contributed by atoms with Gasteiger partial charge in [0.05, 0.1) is 17.0 Å². The van der Waals surface area contributed by atoms with Crippen molar-refractivity contribution in [2.24, 2.45) is 0 Å². The first-order valence-electron chi connectivity index (χ1n) is 8.80. The lowest BCUT2D eigenvalue weighted by atomic mass is 10.1. The molecule has 2 aromatic heterocycles. The standard InChI is InChI=1S/C20H24N4O/c1-5-13(3)22-20(25)16-12-21-19-18(15-10-8-7-9-11-15)14(4)23-24(19)17(16)6-2/h7-13H,5-6H2,1-4H3,(H,22,25)/t13-/m1/s1. The molecule has 0 aliphatic carbocycles. The van der Waals surface area contributed by atoms with Gasteiger partial charge in [-0.05, 0) is 32.3 Å². The molecule has 0 spiro atoms. The molecular weight excluding hydrogens is 312 g/mol. The predicted octanol–water partition coefficient (Wildman–Crippen LogP) is 3.80. The number of aromatic nitrogens is 3. The van der Waals surface area contributed by atoms with Gasteiger partial charge in [0, 0.05) is 17.8 Å². The van der Waals surface area contributed by atoms with Gasteiger partial charge in [-0.15, -0.1) is 0 Å². The summed E-state index contributed by atoms with van der Waals surface area (Å²) in [4.78, 5) is 17.2. The Morgan fingerprint density at radius 2 is 1.96 bits per heavy atom. The summed E-state index contributed by atoms with van der Waals surface area (Å²) in [6, 6.07) is 10.3. The summed E-state index contributed by atoms with van der Waals surface area (Å²) in [5.74, 6) is -0.0879. The molecule has 5 heteroatoms. The molecule has 0 aliphatic rings. The molecule has 5 nitrogen and oxygen atoms in total. The summed E-state index contributed by atoms with van der Waals surface area (Å²) in [7, 11) is 0. The van der Waals surface area contributed by atoms with Crippen molar-refractivity contribution in [3.63, 3.8) is 0 Å². The Morgan fingerprint density at radius 3 is 2.60 bits per heavy atom. The second kappa shape index (κ2) is 7.05. The van der Waals surface area contributed by atoms with Gasteiger partial charge in [0.1, 0.15) is 0 Å². The Balaban J connectivity index is 2.14. The number of fused-ring (bicyclic) bond motifs is 1. The fourth-order valence-corrected chi connectivity index (χ4v) is 3.01. The van der Waals surface area contributed by atoms with Crippen LogP contribution in [0.25, 0.3) is 16.8 Å². The molecule has 0 unspecified atom stereocenters. The number of carbonyl (C=O) groups is 1. The Labute approximate surface area is 148 Å². The van der Waals surface area contributed by atoms with Crippen molar-refractivity contribution >= 4 is 11.6 Å². The van der Waals surface area contributed by atoms with Crippen LogP contribution in [-0.2, 0) is 6.42 Å². The lowest BCUT2D eigenvalue weighted by Crippen LogP contribution is -2.33. The number of nitrogens with zero attached hydrogens (tertiary/aromatic N) is 3. The zero-order chi connectivity index (χ0) is 18.0. The zero-order valence-electron chi connectivity index (χ0n) is 15.2. The van der Waals surface area contributed by atoms with Gasteiger partial charge < -0.3 is 5.32 Å². The summed E-state index contributed by atoms with van der Waals surface area (Å²) in [6.07, 6.45) is 3.28. The SMILES string of the molecule is CCc1c(C(=O)N[C@H](C)CC)cnc2c(-c3ccccc3)c(C)nn12. The smallest absolute Gasteiger partial charge is 0.254 e. The van der Waals surface area contributed by atoms with Crippen LogP contribution in [0.1, 0.15) is 48.9 Å². The molecule has 3 rings (SSSR count). The molecule has 1 atom stereocenters. The predicted molar refractivity (Wildman–Crippen MR) is 99.8 cm³/mol. The maximum absolute atomic E-state index is 12.6. The van der Waals surface area contributed by atoms with Crippen molar-refractivity contribution in [1.82, 2.24) is 19.9 Å². The third-order valence-corrected chi connectivity index (χ3v) is 4.55. The van der Waals surface area contributed by atoms with Gasteiger partial charge in [-0.2, -0.15) is 5.10 Å². The lowest BCUT2D eigenvalue weighted by molar-refractivity contribution is 0.0937. The van der Waals surface area contributed by atoms with Crippen LogP contribution < -0.4 is 5.32 Å². The fourth-order valence-electron chi connectivity index (χ4n) is 3.01. The molecule has 1 N–H and O–H groups in total. The average Bonchev–Trinajstić information content (AvgIpc) is 2.97. The molecule has 0 aliphatic heterocycles. The third-order valence-electron chi connectivity index (χ3n) is 4.55. The van der Waals surface area contributed by atoms with Crippen LogP contribution in [0.3, 0.4) is 0 Å². The van der Waals surface area contributed by atoms with Crippen LogP contribution in [0, 0.1) is 6.92 Å². The van der Waals surface area contributed by atoms with Gasteiger partial charge in [-0.1, -0.05) is 44.2 Å². The number of amides is 1. The van der Waals surface area contributed by atoms with Gasteiger partial charge in [0.15, 0.2) is 5.65 Å². The minimum atomic E-state index is -0.0879. The Bertz CT molecular complexity index is 899. The molecule has 25 heavy (non-hydrogen) atoms. The number of aryl methyl sites for hydroxylation is 2. The van der Waals surface area contributed by atoms with Gasteiger partial charge in [-0.25, -0.2) is 9.50 Å². The fraction of sp³-hybridized carbons (Fsp3) is 0.350. The van der Waals surface area contributed by atoms with E-state index in [1.54, 1.807) is 6.20 Å². The molecule has 130 valence electrons. The molecule has 0 saturated carbocycles. The summed E-state index contributed by atoms with van der Waals surface area (Å²) in [5.41, 5.74) is 5.28. The molecule has 1 amide bonds. The van der Waals surface area contributed by atoms with E-state index in [0.717, 1.165) is 34.6 Å². The molecule has 1 aromatic carbocycles. The van der Waals surface area contributed by atoms with E-state index in [1.165, 1.54) is 0 Å². The maximum Gasteiger partial charge on any atom is 0.254 e. The quantitative estimate of drug-likeness (QED) is 0.771. The van der Waals surface area contributed by atoms with Crippen molar-refractivity contribution in [2.45, 2.75) is 46.6 Å². The average molecular weight is 336 g/mol. The van der Waals surface area contributed by atoms with Crippen LogP contribution >= 0.6 is 0 Å². The first kappa shape index (κ1) is 17.1. The normalized spacial score (nSPS) is 12.3. The largest absolute Gasteiger partial charge is 0.349 e. The van der Waals surface area contributed by atoms with Crippen molar-refractivity contribution in [3.8, 4) is 11.1 Å². The van der Waals surface area contributed by atoms with Gasteiger partial charge in [0.25, 0.3) is 5.91 Å². The Hall–Kier alpha value is -2.69. The van der Waals surface area contributed by atoms with Crippen LogP contribution in [0.4, 0.5) is 0 Å². The second-order valence-corrected chi connectivity index (χ2v) is 6.32. The first-order valence-corrected chi connectivity index (χ1v) is 8.80. The van der Waals surface area contributed by atoms with E-state index in [0.29, 0.717) is 12.0 Å². The molecule has 0 saturated heterocycles. The van der Waals surface area contributed by atoms with E-state index >= 15 is 0 Å². The Morgan fingerprint density at radius 1 is 1.24 bits per heavy atom. The van der Waals surface area contributed by atoms with Crippen molar-refractivity contribution in [2.75, 3.05) is 0 Å². The van der Waals surface area contributed by atoms with Gasteiger partial charge >= 0.3 is 0 Å². The minimum Gasteiger partial charge on any atom is -0.349 e. The van der Waals surface area contributed by atoms with E-state index in [9.17, 15) is 4.79 Å². The van der Waals surface area contributed by atoms with E-state index in [2.05, 4.69) is 34.5 Å². The van der Waals surface area contributed by atoms with Crippen LogP contribution in [0.5, 0.6) is 0 Å². The summed E-state index contributed by atoms with van der Waals surface area (Å²) in [5, 5.41) is 7.70. The van der Waals surface area contributed by atoms with E-state index in [1.807, 2.05) is 43.5 Å². The Kier molecular flexibility index (Phi) is 4.83. The number of rotatable bonds is 5. The second-order valence-electron chi connectivity index (χ2n) is 6.32. The summed E-state index contributed by atoms with van der Waals surface area (Å²) >= 11 is 0.